The van der Waals surface area contributed by atoms with Crippen molar-refractivity contribution in [3.8, 4) is 0 Å². The first-order chi connectivity index (χ1) is 6.22. The molecule has 0 aliphatic heterocycles. The van der Waals surface area contributed by atoms with E-state index in [1.54, 1.807) is 6.92 Å². The van der Waals surface area contributed by atoms with Gasteiger partial charge in [-0.15, -0.1) is 0 Å². The molecule has 13 heavy (non-hydrogen) atoms. The molecule has 0 bridgehead atoms. The molecular formula is C11H20O2. The number of carbonyl (C=O) groups excluding carboxylic acids is 2. The highest BCUT2D eigenvalue weighted by molar-refractivity contribution is 5.92. The minimum absolute atomic E-state index is 0.0894. The Hall–Kier alpha value is -0.660. The van der Waals surface area contributed by atoms with Gasteiger partial charge in [0.15, 0.2) is 0 Å². The van der Waals surface area contributed by atoms with Crippen molar-refractivity contribution < 1.29 is 9.59 Å². The maximum Gasteiger partial charge on any atom is 0.142 e. The second-order valence-electron chi connectivity index (χ2n) is 3.56. The molecule has 0 fully saturated rings. The minimum Gasteiger partial charge on any atom is -0.303 e. The molecular weight excluding hydrogens is 164 g/mol. The Labute approximate surface area is 80.7 Å². The molecule has 0 aromatic carbocycles. The fraction of sp³-hybridized carbons (Fsp3) is 0.818. The molecule has 0 aromatic rings. The van der Waals surface area contributed by atoms with Crippen LogP contribution in [-0.2, 0) is 9.59 Å². The Morgan fingerprint density at radius 1 is 1.23 bits per heavy atom. The predicted octanol–water partition coefficient (Wildman–Crippen LogP) is 2.75. The van der Waals surface area contributed by atoms with Gasteiger partial charge in [0, 0.05) is 6.42 Å². The standard InChI is InChI=1S/C11H20O2/c1-3-4-5-6-7-8-11(13)10(2)9-12/h9-10H,3-8H2,1-2H3. The van der Waals surface area contributed by atoms with Crippen LogP contribution in [0.1, 0.15) is 52.4 Å². The van der Waals surface area contributed by atoms with E-state index in [4.69, 9.17) is 0 Å². The van der Waals surface area contributed by atoms with E-state index < -0.39 is 5.92 Å². The van der Waals surface area contributed by atoms with E-state index in [1.165, 1.54) is 19.3 Å². The molecule has 0 spiro atoms. The SMILES string of the molecule is CCCCCCCC(=O)C(C)C=O. The molecule has 0 saturated carbocycles. The molecule has 0 aliphatic rings. The van der Waals surface area contributed by atoms with Gasteiger partial charge in [-0.25, -0.2) is 0 Å². The minimum atomic E-state index is -0.397. The summed E-state index contributed by atoms with van der Waals surface area (Å²) in [4.78, 5) is 21.4. The van der Waals surface area contributed by atoms with Crippen LogP contribution < -0.4 is 0 Å². The topological polar surface area (TPSA) is 34.1 Å². The van der Waals surface area contributed by atoms with Crippen LogP contribution in [0.4, 0.5) is 0 Å². The predicted molar refractivity (Wildman–Crippen MR) is 53.6 cm³/mol. The second-order valence-corrected chi connectivity index (χ2v) is 3.56. The van der Waals surface area contributed by atoms with Gasteiger partial charge in [0.25, 0.3) is 0 Å². The summed E-state index contributed by atoms with van der Waals surface area (Å²) in [7, 11) is 0. The van der Waals surface area contributed by atoms with Crippen LogP contribution in [0, 0.1) is 5.92 Å². The number of hydrogen-bond donors (Lipinski definition) is 0. The molecule has 2 nitrogen and oxygen atoms in total. The molecule has 0 saturated heterocycles. The average Bonchev–Trinajstić information content (AvgIpc) is 2.16. The van der Waals surface area contributed by atoms with E-state index in [0.29, 0.717) is 6.42 Å². The number of hydrogen-bond acceptors (Lipinski definition) is 2. The van der Waals surface area contributed by atoms with E-state index in [1.807, 2.05) is 0 Å². The van der Waals surface area contributed by atoms with E-state index in [2.05, 4.69) is 6.92 Å². The largest absolute Gasteiger partial charge is 0.303 e. The summed E-state index contributed by atoms with van der Waals surface area (Å²) < 4.78 is 0. The zero-order valence-electron chi connectivity index (χ0n) is 8.71. The van der Waals surface area contributed by atoms with Crippen LogP contribution >= 0.6 is 0 Å². The molecule has 0 amide bonds. The molecule has 0 aliphatic carbocycles. The molecule has 0 heterocycles. The third-order valence-corrected chi connectivity index (χ3v) is 2.24. The summed E-state index contributed by atoms with van der Waals surface area (Å²) in [5.74, 6) is -0.308. The van der Waals surface area contributed by atoms with Crippen molar-refractivity contribution in [2.75, 3.05) is 0 Å². The Morgan fingerprint density at radius 3 is 2.38 bits per heavy atom. The van der Waals surface area contributed by atoms with Crippen molar-refractivity contribution in [3.05, 3.63) is 0 Å². The van der Waals surface area contributed by atoms with Crippen molar-refractivity contribution in [1.82, 2.24) is 0 Å². The van der Waals surface area contributed by atoms with Gasteiger partial charge in [-0.3, -0.25) is 4.79 Å². The van der Waals surface area contributed by atoms with Crippen LogP contribution in [0.5, 0.6) is 0 Å². The van der Waals surface area contributed by atoms with Gasteiger partial charge in [0.2, 0.25) is 0 Å². The van der Waals surface area contributed by atoms with Crippen molar-refractivity contribution in [1.29, 1.82) is 0 Å². The maximum atomic E-state index is 11.2. The van der Waals surface area contributed by atoms with Gasteiger partial charge in [-0.2, -0.15) is 0 Å². The van der Waals surface area contributed by atoms with Crippen LogP contribution in [0.25, 0.3) is 0 Å². The highest BCUT2D eigenvalue weighted by atomic mass is 16.1. The van der Waals surface area contributed by atoms with Crippen molar-refractivity contribution >= 4 is 12.1 Å². The van der Waals surface area contributed by atoms with Crippen LogP contribution in [0.15, 0.2) is 0 Å². The summed E-state index contributed by atoms with van der Waals surface area (Å²) in [6, 6.07) is 0. The monoisotopic (exact) mass is 184 g/mol. The number of aldehydes is 1. The zero-order valence-corrected chi connectivity index (χ0v) is 8.71. The first kappa shape index (κ1) is 12.3. The van der Waals surface area contributed by atoms with E-state index >= 15 is 0 Å². The number of rotatable bonds is 8. The van der Waals surface area contributed by atoms with Crippen molar-refractivity contribution in [2.45, 2.75) is 52.4 Å². The summed E-state index contributed by atoms with van der Waals surface area (Å²) >= 11 is 0. The Morgan fingerprint density at radius 2 is 1.85 bits per heavy atom. The van der Waals surface area contributed by atoms with Crippen molar-refractivity contribution in [2.24, 2.45) is 5.92 Å². The van der Waals surface area contributed by atoms with Gasteiger partial charge >= 0.3 is 0 Å². The lowest BCUT2D eigenvalue weighted by Crippen LogP contribution is -2.11. The Bertz CT molecular complexity index is 152. The summed E-state index contributed by atoms with van der Waals surface area (Å²) in [5, 5.41) is 0. The van der Waals surface area contributed by atoms with E-state index in [0.717, 1.165) is 19.1 Å². The lowest BCUT2D eigenvalue weighted by atomic mass is 10.0. The second kappa shape index (κ2) is 7.96. The molecule has 0 radical (unpaired) electrons. The summed E-state index contributed by atoms with van der Waals surface area (Å²) in [6.07, 6.45) is 7.04. The summed E-state index contributed by atoms with van der Waals surface area (Å²) in [5.41, 5.74) is 0. The van der Waals surface area contributed by atoms with Crippen LogP contribution in [0.2, 0.25) is 0 Å². The number of unbranched alkanes of at least 4 members (excludes halogenated alkanes) is 4. The van der Waals surface area contributed by atoms with E-state index in [-0.39, 0.29) is 5.78 Å². The van der Waals surface area contributed by atoms with Gasteiger partial charge in [-0.1, -0.05) is 32.6 Å². The molecule has 0 rings (SSSR count). The van der Waals surface area contributed by atoms with Gasteiger partial charge in [0.1, 0.15) is 12.1 Å². The van der Waals surface area contributed by atoms with E-state index in [9.17, 15) is 9.59 Å². The van der Waals surface area contributed by atoms with Gasteiger partial charge in [0.05, 0.1) is 5.92 Å². The normalized spacial score (nSPS) is 12.5. The highest BCUT2D eigenvalue weighted by Crippen LogP contribution is 2.07. The quantitative estimate of drug-likeness (QED) is 0.330. The lowest BCUT2D eigenvalue weighted by molar-refractivity contribution is -0.126. The Balaban J connectivity index is 3.32. The fourth-order valence-electron chi connectivity index (χ4n) is 1.21. The molecule has 1 atom stereocenters. The third-order valence-electron chi connectivity index (χ3n) is 2.24. The molecule has 2 heteroatoms. The van der Waals surface area contributed by atoms with Crippen LogP contribution in [0.3, 0.4) is 0 Å². The zero-order chi connectivity index (χ0) is 10.1. The van der Waals surface area contributed by atoms with Crippen LogP contribution in [-0.4, -0.2) is 12.1 Å². The number of carbonyl (C=O) groups is 2. The maximum absolute atomic E-state index is 11.2. The summed E-state index contributed by atoms with van der Waals surface area (Å²) in [6.45, 7) is 3.83. The average molecular weight is 184 g/mol. The molecule has 0 N–H and O–H groups in total. The molecule has 1 unspecified atom stereocenters. The smallest absolute Gasteiger partial charge is 0.142 e. The molecule has 76 valence electrons. The highest BCUT2D eigenvalue weighted by Gasteiger charge is 2.09. The lowest BCUT2D eigenvalue weighted by Gasteiger charge is -2.02. The van der Waals surface area contributed by atoms with Crippen molar-refractivity contribution in [3.63, 3.8) is 0 Å². The first-order valence-corrected chi connectivity index (χ1v) is 5.20. The fourth-order valence-corrected chi connectivity index (χ4v) is 1.21. The number of ketones is 1. The van der Waals surface area contributed by atoms with Gasteiger partial charge < -0.3 is 4.79 Å². The first-order valence-electron chi connectivity index (χ1n) is 5.20. The third kappa shape index (κ3) is 6.50. The number of Topliss-reactive ketones (excluding diaryl/α,β-unsaturated/α-hetero) is 1. The molecule has 0 aromatic heterocycles. The Kier molecular flexibility index (Phi) is 7.56. The van der Waals surface area contributed by atoms with Gasteiger partial charge in [-0.05, 0) is 13.3 Å².